The van der Waals surface area contributed by atoms with Crippen molar-refractivity contribution in [3.8, 4) is 5.75 Å². The summed E-state index contributed by atoms with van der Waals surface area (Å²) in [5.41, 5.74) is 8.01. The van der Waals surface area contributed by atoms with E-state index in [0.29, 0.717) is 5.56 Å². The number of nitrogens with one attached hydrogen (secondary N) is 2. The summed E-state index contributed by atoms with van der Waals surface area (Å²) in [4.78, 5) is 0. The molecule has 0 saturated carbocycles. The van der Waals surface area contributed by atoms with Gasteiger partial charge in [-0.3, -0.25) is 10.9 Å². The summed E-state index contributed by atoms with van der Waals surface area (Å²) in [5.74, 6) is 0.163. The van der Waals surface area contributed by atoms with Crippen LogP contribution in [0, 0.1) is 0 Å². The van der Waals surface area contributed by atoms with Crippen molar-refractivity contribution in [2.24, 2.45) is 10.2 Å². The number of hydrazone groups is 2. The summed E-state index contributed by atoms with van der Waals surface area (Å²) in [5, 5.41) is 18.0. The van der Waals surface area contributed by atoms with Gasteiger partial charge in [-0.15, -0.1) is 0 Å². The molecule has 0 saturated heterocycles. The van der Waals surface area contributed by atoms with Gasteiger partial charge < -0.3 is 5.11 Å². The average Bonchev–Trinajstić information content (AvgIpc) is 3.01. The smallest absolute Gasteiger partial charge is 0.207 e. The second-order valence-corrected chi connectivity index (χ2v) is 4.80. The molecule has 1 aromatic rings. The molecule has 5 nitrogen and oxygen atoms in total. The number of phenols is 1. The third kappa shape index (κ3) is 4.54. The van der Waals surface area contributed by atoms with Gasteiger partial charge in [-0.05, 0) is 43.3 Å². The normalized spacial score (nSPS) is 14.3. The monoisotopic (exact) mass is 300 g/mol. The van der Waals surface area contributed by atoms with Crippen LogP contribution in [-0.2, 0) is 0 Å². The molecule has 0 spiro atoms. The number of thiocarbonyl (C=S) groups is 1. The third-order valence-corrected chi connectivity index (χ3v) is 3.05. The van der Waals surface area contributed by atoms with Gasteiger partial charge in [0.2, 0.25) is 5.11 Å². The van der Waals surface area contributed by atoms with Crippen molar-refractivity contribution in [3.05, 3.63) is 53.6 Å². The molecule has 0 unspecified atom stereocenters. The van der Waals surface area contributed by atoms with Crippen LogP contribution >= 0.6 is 12.2 Å². The Labute approximate surface area is 128 Å². The number of para-hydroxylation sites is 1. The molecule has 0 fully saturated rings. The highest BCUT2D eigenvalue weighted by atomic mass is 32.1. The molecule has 21 heavy (non-hydrogen) atoms. The molecule has 1 aliphatic carbocycles. The van der Waals surface area contributed by atoms with Crippen molar-refractivity contribution in [2.75, 3.05) is 0 Å². The Balaban J connectivity index is 1.82. The molecule has 6 heteroatoms. The molecule has 2 rings (SSSR count). The Morgan fingerprint density at radius 3 is 2.86 bits per heavy atom. The Kier molecular flexibility index (Phi) is 5.22. The fourth-order valence-corrected chi connectivity index (χ4v) is 1.80. The zero-order valence-corrected chi connectivity index (χ0v) is 12.4. The molecule has 0 radical (unpaired) electrons. The van der Waals surface area contributed by atoms with Gasteiger partial charge in [-0.1, -0.05) is 30.4 Å². The lowest BCUT2D eigenvalue weighted by molar-refractivity contribution is 0.474. The van der Waals surface area contributed by atoms with E-state index in [2.05, 4.69) is 27.1 Å². The van der Waals surface area contributed by atoms with E-state index in [1.165, 1.54) is 6.21 Å². The molecule has 0 heterocycles. The molecule has 108 valence electrons. The van der Waals surface area contributed by atoms with Crippen molar-refractivity contribution in [1.82, 2.24) is 10.9 Å². The number of phenolic OH excluding ortho intramolecular Hbond substituents is 1. The largest absolute Gasteiger partial charge is 0.507 e. The molecule has 1 aliphatic rings. The maximum Gasteiger partial charge on any atom is 0.207 e. The van der Waals surface area contributed by atoms with E-state index >= 15 is 0 Å². The second-order valence-electron chi connectivity index (χ2n) is 4.39. The maximum absolute atomic E-state index is 9.57. The van der Waals surface area contributed by atoms with E-state index in [1.807, 2.05) is 25.1 Å². The predicted molar refractivity (Wildman–Crippen MR) is 89.5 cm³/mol. The predicted octanol–water partition coefficient (Wildman–Crippen LogP) is 2.45. The number of hydrogen-bond acceptors (Lipinski definition) is 4. The molecular weight excluding hydrogens is 284 g/mol. The lowest BCUT2D eigenvalue weighted by atomic mass is 10.1. The number of benzene rings is 1. The van der Waals surface area contributed by atoms with Gasteiger partial charge in [0.15, 0.2) is 0 Å². The Morgan fingerprint density at radius 1 is 1.33 bits per heavy atom. The summed E-state index contributed by atoms with van der Waals surface area (Å²) in [6.07, 6.45) is 8.47. The van der Waals surface area contributed by atoms with Crippen molar-refractivity contribution < 1.29 is 5.11 Å². The van der Waals surface area contributed by atoms with E-state index in [9.17, 15) is 5.11 Å². The van der Waals surface area contributed by atoms with Crippen LogP contribution in [-0.4, -0.2) is 22.1 Å². The first-order chi connectivity index (χ1) is 10.2. The van der Waals surface area contributed by atoms with Crippen LogP contribution in [0.1, 0.15) is 18.9 Å². The van der Waals surface area contributed by atoms with Crippen molar-refractivity contribution >= 4 is 29.3 Å². The van der Waals surface area contributed by atoms with Crippen LogP contribution in [0.4, 0.5) is 0 Å². The molecular formula is C15H16N4OS. The van der Waals surface area contributed by atoms with E-state index in [0.717, 1.165) is 17.7 Å². The van der Waals surface area contributed by atoms with E-state index in [-0.39, 0.29) is 10.9 Å². The summed E-state index contributed by atoms with van der Waals surface area (Å²) in [6, 6.07) is 6.90. The Morgan fingerprint density at radius 2 is 2.14 bits per heavy atom. The number of aromatic hydroxyl groups is 1. The average molecular weight is 300 g/mol. The van der Waals surface area contributed by atoms with E-state index < -0.39 is 0 Å². The number of rotatable bonds is 4. The van der Waals surface area contributed by atoms with Crippen LogP contribution in [0.2, 0.25) is 0 Å². The summed E-state index contributed by atoms with van der Waals surface area (Å²) >= 11 is 5.05. The molecule has 0 amide bonds. The zero-order valence-electron chi connectivity index (χ0n) is 11.6. The standard InChI is InChI=1S/C15H16N4OS/c1-11(12-6-2-3-7-12)17-19-15(21)18-16-10-13-8-4-5-9-14(13)20/h2-6,8-10,20H,7H2,1H3,(H2,18,19,21)/b16-10+,17-11+. The molecule has 1 aromatic carbocycles. The fourth-order valence-electron chi connectivity index (χ4n) is 1.70. The zero-order chi connectivity index (χ0) is 15.1. The second kappa shape index (κ2) is 7.35. The first-order valence-electron chi connectivity index (χ1n) is 6.44. The van der Waals surface area contributed by atoms with Crippen molar-refractivity contribution in [3.63, 3.8) is 0 Å². The lowest BCUT2D eigenvalue weighted by Gasteiger charge is -2.04. The molecule has 0 aromatic heterocycles. The molecule has 0 atom stereocenters. The summed E-state index contributed by atoms with van der Waals surface area (Å²) < 4.78 is 0. The number of nitrogens with zero attached hydrogens (tertiary/aromatic N) is 2. The Hall–Kier alpha value is -2.47. The number of hydrogen-bond donors (Lipinski definition) is 3. The van der Waals surface area contributed by atoms with Gasteiger partial charge in [-0.25, -0.2) is 0 Å². The van der Waals surface area contributed by atoms with Gasteiger partial charge in [0.05, 0.1) is 11.9 Å². The lowest BCUT2D eigenvalue weighted by Crippen LogP contribution is -2.29. The van der Waals surface area contributed by atoms with Crippen LogP contribution in [0.15, 0.2) is 58.3 Å². The quantitative estimate of drug-likeness (QED) is 0.454. The minimum atomic E-state index is 0.163. The Bertz CT molecular complexity index is 647. The van der Waals surface area contributed by atoms with Gasteiger partial charge in [0.25, 0.3) is 0 Å². The van der Waals surface area contributed by atoms with Crippen LogP contribution in [0.3, 0.4) is 0 Å². The van der Waals surface area contributed by atoms with Crippen LogP contribution < -0.4 is 10.9 Å². The highest BCUT2D eigenvalue weighted by Gasteiger charge is 2.03. The maximum atomic E-state index is 9.57. The van der Waals surface area contributed by atoms with Gasteiger partial charge >= 0.3 is 0 Å². The van der Waals surface area contributed by atoms with Gasteiger partial charge in [-0.2, -0.15) is 10.2 Å². The summed E-state index contributed by atoms with van der Waals surface area (Å²) in [6.45, 7) is 1.92. The molecule has 0 aliphatic heterocycles. The van der Waals surface area contributed by atoms with Gasteiger partial charge in [0.1, 0.15) is 5.75 Å². The van der Waals surface area contributed by atoms with Crippen LogP contribution in [0.5, 0.6) is 5.75 Å². The van der Waals surface area contributed by atoms with E-state index in [4.69, 9.17) is 12.2 Å². The highest BCUT2D eigenvalue weighted by Crippen LogP contribution is 2.12. The molecule has 3 N–H and O–H groups in total. The topological polar surface area (TPSA) is 69.0 Å². The van der Waals surface area contributed by atoms with Crippen LogP contribution in [0.25, 0.3) is 0 Å². The SMILES string of the molecule is C/C(=N\NC(=S)N/N=C/c1ccccc1O)C1=CC=CC1. The van der Waals surface area contributed by atoms with Crippen molar-refractivity contribution in [2.45, 2.75) is 13.3 Å². The van der Waals surface area contributed by atoms with Crippen molar-refractivity contribution in [1.29, 1.82) is 0 Å². The molecule has 0 bridgehead atoms. The summed E-state index contributed by atoms with van der Waals surface area (Å²) in [7, 11) is 0. The third-order valence-electron chi connectivity index (χ3n) is 2.87. The first-order valence-corrected chi connectivity index (χ1v) is 6.85. The number of allylic oxidation sites excluding steroid dienone is 4. The first kappa shape index (κ1) is 14.9. The van der Waals surface area contributed by atoms with E-state index in [1.54, 1.807) is 18.2 Å². The van der Waals surface area contributed by atoms with Gasteiger partial charge in [0, 0.05) is 5.56 Å². The fraction of sp³-hybridized carbons (Fsp3) is 0.133. The minimum Gasteiger partial charge on any atom is -0.507 e. The minimum absolute atomic E-state index is 0.163. The highest BCUT2D eigenvalue weighted by molar-refractivity contribution is 7.80.